The molecule has 96 valence electrons. The summed E-state index contributed by atoms with van der Waals surface area (Å²) in [6, 6.07) is 0. The van der Waals surface area contributed by atoms with Crippen molar-refractivity contribution in [2.24, 2.45) is 0 Å². The molecular formula is C10H17N3O4. The van der Waals surface area contributed by atoms with Gasteiger partial charge in [0.15, 0.2) is 5.69 Å². The highest BCUT2D eigenvalue weighted by atomic mass is 16.6. The van der Waals surface area contributed by atoms with E-state index in [9.17, 15) is 4.79 Å². The van der Waals surface area contributed by atoms with E-state index >= 15 is 0 Å². The van der Waals surface area contributed by atoms with Gasteiger partial charge in [-0.3, -0.25) is 0 Å². The average molecular weight is 243 g/mol. The van der Waals surface area contributed by atoms with Gasteiger partial charge < -0.3 is 14.6 Å². The van der Waals surface area contributed by atoms with Gasteiger partial charge in [0, 0.05) is 20.3 Å². The largest absolute Gasteiger partial charge is 0.458 e. The molecule has 17 heavy (non-hydrogen) atoms. The first-order chi connectivity index (χ1) is 8.20. The van der Waals surface area contributed by atoms with Gasteiger partial charge in [-0.1, -0.05) is 5.21 Å². The third kappa shape index (κ3) is 3.79. The van der Waals surface area contributed by atoms with E-state index in [1.54, 1.807) is 11.6 Å². The summed E-state index contributed by atoms with van der Waals surface area (Å²) < 4.78 is 11.3. The summed E-state index contributed by atoms with van der Waals surface area (Å²) in [4.78, 5) is 11.6. The first-order valence-electron chi connectivity index (χ1n) is 5.37. The quantitative estimate of drug-likeness (QED) is 0.526. The normalized spacial score (nSPS) is 10.5. The number of aliphatic hydroxyl groups is 1. The Kier molecular flexibility index (Phi) is 5.58. The molecule has 0 aromatic carbocycles. The fourth-order valence-corrected chi connectivity index (χ4v) is 1.27. The van der Waals surface area contributed by atoms with Crippen molar-refractivity contribution in [3.63, 3.8) is 0 Å². The number of aryl methyl sites for hydroxylation is 1. The molecule has 0 atom stereocenters. The Morgan fingerprint density at radius 3 is 2.88 bits per heavy atom. The van der Waals surface area contributed by atoms with E-state index in [0.29, 0.717) is 25.3 Å². The predicted octanol–water partition coefficient (Wildman–Crippen LogP) is -0.228. The summed E-state index contributed by atoms with van der Waals surface area (Å²) in [6.07, 6.45) is 0.572. The van der Waals surface area contributed by atoms with Crippen LogP contribution in [0.1, 0.15) is 22.6 Å². The summed E-state index contributed by atoms with van der Waals surface area (Å²) in [7, 11) is 1.53. The van der Waals surface area contributed by atoms with Crippen LogP contribution in [0.3, 0.4) is 0 Å². The summed E-state index contributed by atoms with van der Waals surface area (Å²) in [5.41, 5.74) is 0.847. The van der Waals surface area contributed by atoms with Crippen molar-refractivity contribution in [1.29, 1.82) is 0 Å². The first-order valence-corrected chi connectivity index (χ1v) is 5.37. The molecule has 7 heteroatoms. The van der Waals surface area contributed by atoms with Crippen molar-refractivity contribution in [1.82, 2.24) is 15.0 Å². The second-order valence-electron chi connectivity index (χ2n) is 3.45. The van der Waals surface area contributed by atoms with E-state index in [1.807, 2.05) is 0 Å². The molecule has 0 amide bonds. The lowest BCUT2D eigenvalue weighted by molar-refractivity contribution is 0.0380. The SMILES string of the molecule is COCCOC(=O)c1nnn(CCCO)c1C. The third-order valence-corrected chi connectivity index (χ3v) is 2.22. The van der Waals surface area contributed by atoms with Crippen LogP contribution in [0.2, 0.25) is 0 Å². The van der Waals surface area contributed by atoms with E-state index in [1.165, 1.54) is 7.11 Å². The number of hydrogen-bond donors (Lipinski definition) is 1. The molecule has 1 aromatic heterocycles. The van der Waals surface area contributed by atoms with Gasteiger partial charge in [-0.2, -0.15) is 0 Å². The van der Waals surface area contributed by atoms with Gasteiger partial charge in [0.05, 0.1) is 12.3 Å². The Morgan fingerprint density at radius 1 is 1.47 bits per heavy atom. The molecule has 0 spiro atoms. The molecule has 0 saturated carbocycles. The van der Waals surface area contributed by atoms with Crippen LogP contribution in [-0.4, -0.2) is 53.0 Å². The molecule has 1 N–H and O–H groups in total. The maximum Gasteiger partial charge on any atom is 0.360 e. The standard InChI is InChI=1S/C10H17N3O4/c1-8-9(10(15)17-7-6-16-2)11-12-13(8)4-3-5-14/h14H,3-7H2,1-2H3. The molecule has 0 radical (unpaired) electrons. The van der Waals surface area contributed by atoms with Crippen molar-refractivity contribution in [3.05, 3.63) is 11.4 Å². The average Bonchev–Trinajstić information content (AvgIpc) is 2.68. The molecule has 0 aliphatic heterocycles. The smallest absolute Gasteiger partial charge is 0.360 e. The van der Waals surface area contributed by atoms with Crippen LogP contribution >= 0.6 is 0 Å². The highest BCUT2D eigenvalue weighted by Gasteiger charge is 2.17. The molecular weight excluding hydrogens is 226 g/mol. The lowest BCUT2D eigenvalue weighted by Crippen LogP contribution is -2.12. The zero-order valence-corrected chi connectivity index (χ0v) is 10.0. The van der Waals surface area contributed by atoms with Gasteiger partial charge in [-0.05, 0) is 13.3 Å². The Hall–Kier alpha value is -1.47. The molecule has 0 unspecified atom stereocenters. The van der Waals surface area contributed by atoms with Crippen LogP contribution in [0.25, 0.3) is 0 Å². The van der Waals surface area contributed by atoms with Gasteiger partial charge in [-0.25, -0.2) is 9.48 Å². The number of ether oxygens (including phenoxy) is 2. The van der Waals surface area contributed by atoms with Crippen LogP contribution in [0.4, 0.5) is 0 Å². The highest BCUT2D eigenvalue weighted by molar-refractivity contribution is 5.88. The molecule has 1 heterocycles. The monoisotopic (exact) mass is 243 g/mol. The minimum Gasteiger partial charge on any atom is -0.458 e. The van der Waals surface area contributed by atoms with Crippen LogP contribution in [0.15, 0.2) is 0 Å². The Labute approximate surface area is 99.3 Å². The van der Waals surface area contributed by atoms with E-state index in [0.717, 1.165) is 0 Å². The second-order valence-corrected chi connectivity index (χ2v) is 3.45. The van der Waals surface area contributed by atoms with Crippen molar-refractivity contribution >= 4 is 5.97 Å². The van der Waals surface area contributed by atoms with E-state index in [-0.39, 0.29) is 18.9 Å². The molecule has 0 bridgehead atoms. The fourth-order valence-electron chi connectivity index (χ4n) is 1.27. The van der Waals surface area contributed by atoms with Crippen LogP contribution < -0.4 is 0 Å². The van der Waals surface area contributed by atoms with E-state index < -0.39 is 5.97 Å². The molecule has 0 fully saturated rings. The lowest BCUT2D eigenvalue weighted by atomic mass is 10.3. The molecule has 1 rings (SSSR count). The van der Waals surface area contributed by atoms with Gasteiger partial charge in [0.1, 0.15) is 6.61 Å². The molecule has 1 aromatic rings. The number of aliphatic hydroxyl groups excluding tert-OH is 1. The summed E-state index contributed by atoms with van der Waals surface area (Å²) >= 11 is 0. The number of rotatable bonds is 7. The third-order valence-electron chi connectivity index (χ3n) is 2.22. The Morgan fingerprint density at radius 2 is 2.24 bits per heavy atom. The predicted molar refractivity (Wildman–Crippen MR) is 58.6 cm³/mol. The van der Waals surface area contributed by atoms with Crippen molar-refractivity contribution in [2.45, 2.75) is 19.9 Å². The summed E-state index contributed by atoms with van der Waals surface area (Å²) in [6.45, 7) is 2.89. The number of carbonyl (C=O) groups excluding carboxylic acids is 1. The number of methoxy groups -OCH3 is 1. The zero-order valence-electron chi connectivity index (χ0n) is 10.0. The second kappa shape index (κ2) is 6.97. The van der Waals surface area contributed by atoms with Crippen molar-refractivity contribution < 1.29 is 19.4 Å². The zero-order chi connectivity index (χ0) is 12.7. The number of aromatic nitrogens is 3. The molecule has 7 nitrogen and oxygen atoms in total. The summed E-state index contributed by atoms with van der Waals surface area (Å²) in [5.74, 6) is -0.505. The Bertz CT molecular complexity index is 364. The van der Waals surface area contributed by atoms with Gasteiger partial charge in [0.25, 0.3) is 0 Å². The fraction of sp³-hybridized carbons (Fsp3) is 0.700. The van der Waals surface area contributed by atoms with Crippen LogP contribution in [0.5, 0.6) is 0 Å². The molecule has 0 aliphatic rings. The number of carbonyl (C=O) groups is 1. The van der Waals surface area contributed by atoms with Gasteiger partial charge in [0.2, 0.25) is 0 Å². The van der Waals surface area contributed by atoms with Crippen molar-refractivity contribution in [2.75, 3.05) is 26.9 Å². The molecule has 0 aliphatic carbocycles. The van der Waals surface area contributed by atoms with Gasteiger partial charge >= 0.3 is 5.97 Å². The van der Waals surface area contributed by atoms with Gasteiger partial charge in [-0.15, -0.1) is 5.10 Å². The lowest BCUT2D eigenvalue weighted by Gasteiger charge is -2.03. The maximum atomic E-state index is 11.6. The van der Waals surface area contributed by atoms with Crippen LogP contribution in [-0.2, 0) is 16.0 Å². The number of nitrogens with zero attached hydrogens (tertiary/aromatic N) is 3. The minimum atomic E-state index is -0.505. The van der Waals surface area contributed by atoms with Crippen LogP contribution in [0, 0.1) is 6.92 Å². The molecule has 0 saturated heterocycles. The van der Waals surface area contributed by atoms with Crippen molar-refractivity contribution in [3.8, 4) is 0 Å². The minimum absolute atomic E-state index is 0.0763. The number of esters is 1. The maximum absolute atomic E-state index is 11.6. The number of hydrogen-bond acceptors (Lipinski definition) is 6. The topological polar surface area (TPSA) is 86.5 Å². The van der Waals surface area contributed by atoms with E-state index in [2.05, 4.69) is 10.3 Å². The highest BCUT2D eigenvalue weighted by Crippen LogP contribution is 2.06. The Balaban J connectivity index is 2.58. The van der Waals surface area contributed by atoms with E-state index in [4.69, 9.17) is 14.6 Å². The first kappa shape index (κ1) is 13.6. The summed E-state index contributed by atoms with van der Waals surface area (Å²) in [5, 5.41) is 16.3.